The third-order valence-electron chi connectivity index (χ3n) is 3.81. The van der Waals surface area contributed by atoms with Crippen molar-refractivity contribution in [3.8, 4) is 0 Å². The lowest BCUT2D eigenvalue weighted by Crippen LogP contribution is -2.47. The molecule has 116 valence electrons. The van der Waals surface area contributed by atoms with E-state index in [-0.39, 0.29) is 12.0 Å². The minimum Gasteiger partial charge on any atom is -0.375 e. The molecule has 0 spiro atoms. The van der Waals surface area contributed by atoms with Crippen LogP contribution in [-0.2, 0) is 4.74 Å². The molecule has 2 aromatic rings. The smallest absolute Gasteiger partial charge is 0.265 e. The summed E-state index contributed by atoms with van der Waals surface area (Å²) in [6.07, 6.45) is 0.245. The SMILES string of the molecule is CC1CN(c2ccc(NC(=O)c3cccs3)cc2)C(C)CO1. The zero-order valence-electron chi connectivity index (χ0n) is 12.8. The number of carbonyl (C=O) groups is 1. The molecule has 1 aromatic heterocycles. The highest BCUT2D eigenvalue weighted by molar-refractivity contribution is 7.12. The van der Waals surface area contributed by atoms with E-state index in [4.69, 9.17) is 4.74 Å². The Hall–Kier alpha value is -1.85. The van der Waals surface area contributed by atoms with Crippen molar-refractivity contribution in [2.24, 2.45) is 0 Å². The van der Waals surface area contributed by atoms with Crippen LogP contribution in [-0.4, -0.2) is 31.2 Å². The van der Waals surface area contributed by atoms with E-state index in [2.05, 4.69) is 36.2 Å². The number of morpholine rings is 1. The standard InChI is InChI=1S/C17H20N2O2S/c1-12-11-21-13(2)10-19(12)15-7-5-14(6-8-15)18-17(20)16-4-3-9-22-16/h3-9,12-13H,10-11H2,1-2H3,(H,18,20). The van der Waals surface area contributed by atoms with Crippen molar-refractivity contribution in [3.63, 3.8) is 0 Å². The van der Waals surface area contributed by atoms with Gasteiger partial charge in [-0.25, -0.2) is 0 Å². The Labute approximate surface area is 134 Å². The van der Waals surface area contributed by atoms with Crippen molar-refractivity contribution in [2.75, 3.05) is 23.4 Å². The predicted octanol–water partition coefficient (Wildman–Crippen LogP) is 3.61. The molecule has 5 heteroatoms. The third-order valence-corrected chi connectivity index (χ3v) is 4.68. The molecule has 1 amide bonds. The largest absolute Gasteiger partial charge is 0.375 e. The second kappa shape index (κ2) is 6.50. The van der Waals surface area contributed by atoms with Gasteiger partial charge in [0.1, 0.15) is 0 Å². The number of amides is 1. The van der Waals surface area contributed by atoms with Gasteiger partial charge in [0.25, 0.3) is 5.91 Å². The first-order valence-electron chi connectivity index (χ1n) is 7.46. The molecule has 1 aliphatic rings. The molecule has 22 heavy (non-hydrogen) atoms. The monoisotopic (exact) mass is 316 g/mol. The predicted molar refractivity (Wildman–Crippen MR) is 90.9 cm³/mol. The van der Waals surface area contributed by atoms with E-state index in [1.807, 2.05) is 29.6 Å². The molecule has 0 saturated carbocycles. The van der Waals surface area contributed by atoms with Crippen LogP contribution in [0.4, 0.5) is 11.4 Å². The van der Waals surface area contributed by atoms with E-state index in [0.29, 0.717) is 6.04 Å². The number of ether oxygens (including phenoxy) is 1. The van der Waals surface area contributed by atoms with Crippen LogP contribution in [0, 0.1) is 0 Å². The Morgan fingerprint density at radius 2 is 2.05 bits per heavy atom. The van der Waals surface area contributed by atoms with E-state index in [1.165, 1.54) is 11.3 Å². The van der Waals surface area contributed by atoms with Gasteiger partial charge in [-0.2, -0.15) is 0 Å². The summed E-state index contributed by atoms with van der Waals surface area (Å²) in [7, 11) is 0. The Kier molecular flexibility index (Phi) is 4.45. The number of hydrogen-bond acceptors (Lipinski definition) is 4. The van der Waals surface area contributed by atoms with Crippen LogP contribution < -0.4 is 10.2 Å². The number of rotatable bonds is 3. The lowest BCUT2D eigenvalue weighted by Gasteiger charge is -2.38. The molecular weight excluding hydrogens is 296 g/mol. The molecule has 1 aliphatic heterocycles. The maximum atomic E-state index is 12.0. The molecule has 1 fully saturated rings. The van der Waals surface area contributed by atoms with Crippen LogP contribution in [0.2, 0.25) is 0 Å². The van der Waals surface area contributed by atoms with Gasteiger partial charge in [-0.05, 0) is 49.6 Å². The van der Waals surface area contributed by atoms with Crippen molar-refractivity contribution < 1.29 is 9.53 Å². The molecule has 3 rings (SSSR count). The maximum absolute atomic E-state index is 12.0. The lowest BCUT2D eigenvalue weighted by molar-refractivity contribution is 0.0344. The normalized spacial score (nSPS) is 21.6. The third kappa shape index (κ3) is 3.31. The van der Waals surface area contributed by atoms with Gasteiger partial charge < -0.3 is 15.0 Å². The van der Waals surface area contributed by atoms with Gasteiger partial charge >= 0.3 is 0 Å². The summed E-state index contributed by atoms with van der Waals surface area (Å²) in [6.45, 7) is 5.90. The fraction of sp³-hybridized carbons (Fsp3) is 0.353. The summed E-state index contributed by atoms with van der Waals surface area (Å²) >= 11 is 1.44. The quantitative estimate of drug-likeness (QED) is 0.940. The zero-order chi connectivity index (χ0) is 15.5. The summed E-state index contributed by atoms with van der Waals surface area (Å²) in [6, 6.07) is 12.1. The van der Waals surface area contributed by atoms with Crippen LogP contribution in [0.3, 0.4) is 0 Å². The molecule has 2 unspecified atom stereocenters. The molecule has 2 atom stereocenters. The number of carbonyl (C=O) groups excluding carboxylic acids is 1. The first-order chi connectivity index (χ1) is 10.6. The average molecular weight is 316 g/mol. The number of thiophene rings is 1. The molecular formula is C17H20N2O2S. The molecule has 4 nitrogen and oxygen atoms in total. The molecule has 0 aliphatic carbocycles. The Balaban J connectivity index is 1.68. The van der Waals surface area contributed by atoms with Gasteiger partial charge in [0.2, 0.25) is 0 Å². The van der Waals surface area contributed by atoms with Crippen molar-refractivity contribution >= 4 is 28.6 Å². The Morgan fingerprint density at radius 1 is 1.27 bits per heavy atom. The van der Waals surface area contributed by atoms with Crippen molar-refractivity contribution in [2.45, 2.75) is 26.0 Å². The van der Waals surface area contributed by atoms with Crippen LogP contribution in [0.5, 0.6) is 0 Å². The molecule has 0 radical (unpaired) electrons. The highest BCUT2D eigenvalue weighted by atomic mass is 32.1. The zero-order valence-corrected chi connectivity index (χ0v) is 13.6. The van der Waals surface area contributed by atoms with E-state index in [1.54, 1.807) is 0 Å². The number of nitrogens with one attached hydrogen (secondary N) is 1. The van der Waals surface area contributed by atoms with Crippen LogP contribution in [0.15, 0.2) is 41.8 Å². The Morgan fingerprint density at radius 3 is 2.73 bits per heavy atom. The molecule has 1 saturated heterocycles. The topological polar surface area (TPSA) is 41.6 Å². The lowest BCUT2D eigenvalue weighted by atomic mass is 10.1. The second-order valence-electron chi connectivity index (χ2n) is 5.62. The number of anilines is 2. The molecule has 0 bridgehead atoms. The van der Waals surface area contributed by atoms with Gasteiger partial charge in [0.15, 0.2) is 0 Å². The maximum Gasteiger partial charge on any atom is 0.265 e. The van der Waals surface area contributed by atoms with Gasteiger partial charge in [0.05, 0.1) is 17.6 Å². The van der Waals surface area contributed by atoms with E-state index in [0.717, 1.165) is 29.4 Å². The van der Waals surface area contributed by atoms with Crippen LogP contribution in [0.1, 0.15) is 23.5 Å². The van der Waals surface area contributed by atoms with Gasteiger partial charge in [-0.3, -0.25) is 4.79 Å². The number of hydrogen-bond donors (Lipinski definition) is 1. The van der Waals surface area contributed by atoms with E-state index >= 15 is 0 Å². The summed E-state index contributed by atoms with van der Waals surface area (Å²) in [4.78, 5) is 15.1. The van der Waals surface area contributed by atoms with E-state index in [9.17, 15) is 4.79 Å². The second-order valence-corrected chi connectivity index (χ2v) is 6.57. The summed E-state index contributed by atoms with van der Waals surface area (Å²) in [5.41, 5.74) is 1.98. The molecule has 1 N–H and O–H groups in total. The van der Waals surface area contributed by atoms with Crippen molar-refractivity contribution in [1.82, 2.24) is 0 Å². The van der Waals surface area contributed by atoms with Gasteiger partial charge in [-0.1, -0.05) is 6.07 Å². The van der Waals surface area contributed by atoms with Crippen molar-refractivity contribution in [1.29, 1.82) is 0 Å². The number of benzene rings is 1. The van der Waals surface area contributed by atoms with Gasteiger partial charge in [0, 0.05) is 24.0 Å². The first kappa shape index (κ1) is 15.1. The summed E-state index contributed by atoms with van der Waals surface area (Å²) < 4.78 is 5.66. The fourth-order valence-corrected chi connectivity index (χ4v) is 3.22. The molecule has 2 heterocycles. The highest BCUT2D eigenvalue weighted by Crippen LogP contribution is 2.24. The van der Waals surface area contributed by atoms with Gasteiger partial charge in [-0.15, -0.1) is 11.3 Å². The fourth-order valence-electron chi connectivity index (χ4n) is 2.60. The Bertz CT molecular complexity index is 625. The van der Waals surface area contributed by atoms with Crippen LogP contribution >= 0.6 is 11.3 Å². The summed E-state index contributed by atoms with van der Waals surface area (Å²) in [5.74, 6) is -0.0592. The van der Waals surface area contributed by atoms with Crippen molar-refractivity contribution in [3.05, 3.63) is 46.7 Å². The summed E-state index contributed by atoms with van der Waals surface area (Å²) in [5, 5.41) is 4.82. The minimum absolute atomic E-state index is 0.0592. The number of nitrogens with zero attached hydrogens (tertiary/aromatic N) is 1. The first-order valence-corrected chi connectivity index (χ1v) is 8.34. The van der Waals surface area contributed by atoms with E-state index < -0.39 is 0 Å². The molecule has 1 aromatic carbocycles. The highest BCUT2D eigenvalue weighted by Gasteiger charge is 2.23. The van der Waals surface area contributed by atoms with Crippen LogP contribution in [0.25, 0.3) is 0 Å². The average Bonchev–Trinajstić information content (AvgIpc) is 3.05. The minimum atomic E-state index is -0.0592.